The molecule has 0 radical (unpaired) electrons. The SMILES string of the molecule is CCCCCCCCCCCCCCCCOc1cc(/C=C/c2cccs2)ccc1/C=C\c1cccs1. The second-order valence-corrected chi connectivity index (χ2v) is 11.9. The highest BCUT2D eigenvalue weighted by Crippen LogP contribution is 2.26. The van der Waals surface area contributed by atoms with E-state index in [1.807, 2.05) is 0 Å². The molecular weight excluding hydrogens is 489 g/mol. The van der Waals surface area contributed by atoms with E-state index in [0.29, 0.717) is 0 Å². The van der Waals surface area contributed by atoms with Gasteiger partial charge in [0.05, 0.1) is 6.61 Å². The normalized spacial score (nSPS) is 11.7. The maximum absolute atomic E-state index is 6.31. The quantitative estimate of drug-likeness (QED) is 0.131. The number of hydrogen-bond acceptors (Lipinski definition) is 3. The Labute approximate surface area is 234 Å². The van der Waals surface area contributed by atoms with Crippen LogP contribution in [0.2, 0.25) is 0 Å². The van der Waals surface area contributed by atoms with Crippen molar-refractivity contribution in [3.8, 4) is 5.75 Å². The number of thiophene rings is 2. The summed E-state index contributed by atoms with van der Waals surface area (Å²) < 4.78 is 6.31. The van der Waals surface area contributed by atoms with Crippen LogP contribution in [-0.4, -0.2) is 6.61 Å². The van der Waals surface area contributed by atoms with Crippen molar-refractivity contribution in [2.75, 3.05) is 6.61 Å². The monoisotopic (exact) mass is 534 g/mol. The first-order chi connectivity index (χ1) is 18.3. The third kappa shape index (κ3) is 12.8. The molecule has 200 valence electrons. The second kappa shape index (κ2) is 19.0. The van der Waals surface area contributed by atoms with Crippen molar-refractivity contribution in [2.24, 2.45) is 0 Å². The third-order valence-electron chi connectivity index (χ3n) is 6.75. The molecule has 0 N–H and O–H groups in total. The van der Waals surface area contributed by atoms with Gasteiger partial charge >= 0.3 is 0 Å². The summed E-state index contributed by atoms with van der Waals surface area (Å²) >= 11 is 3.52. The molecule has 0 fully saturated rings. The van der Waals surface area contributed by atoms with E-state index in [2.05, 4.69) is 84.5 Å². The van der Waals surface area contributed by atoms with Crippen molar-refractivity contribution in [1.82, 2.24) is 0 Å². The first-order valence-electron chi connectivity index (χ1n) is 14.5. The van der Waals surface area contributed by atoms with E-state index in [4.69, 9.17) is 4.74 Å². The minimum atomic E-state index is 0.788. The average Bonchev–Trinajstić information content (AvgIpc) is 3.64. The summed E-state index contributed by atoms with van der Waals surface area (Å²) in [6.07, 6.45) is 28.0. The Bertz CT molecular complexity index is 999. The van der Waals surface area contributed by atoms with Crippen LogP contribution in [0, 0.1) is 0 Å². The van der Waals surface area contributed by atoms with E-state index in [0.717, 1.165) is 24.3 Å². The highest BCUT2D eigenvalue weighted by Gasteiger charge is 2.04. The second-order valence-electron chi connectivity index (χ2n) is 9.94. The first-order valence-corrected chi connectivity index (χ1v) is 16.3. The van der Waals surface area contributed by atoms with Crippen molar-refractivity contribution < 1.29 is 4.74 Å². The van der Waals surface area contributed by atoms with Crippen LogP contribution in [0.25, 0.3) is 24.3 Å². The van der Waals surface area contributed by atoms with Gasteiger partial charge in [0, 0.05) is 15.3 Å². The predicted molar refractivity (Wildman–Crippen MR) is 169 cm³/mol. The molecule has 0 aliphatic carbocycles. The van der Waals surface area contributed by atoms with Gasteiger partial charge in [-0.2, -0.15) is 0 Å². The van der Waals surface area contributed by atoms with Crippen LogP contribution in [0.15, 0.2) is 53.2 Å². The van der Waals surface area contributed by atoms with Gasteiger partial charge in [-0.1, -0.05) is 121 Å². The molecule has 3 heteroatoms. The molecule has 0 aliphatic rings. The van der Waals surface area contributed by atoms with Crippen molar-refractivity contribution >= 4 is 47.0 Å². The molecule has 0 spiro atoms. The molecular formula is C34H46OS2. The zero-order chi connectivity index (χ0) is 25.8. The van der Waals surface area contributed by atoms with E-state index < -0.39 is 0 Å². The number of unbranched alkanes of at least 4 members (excludes halogenated alkanes) is 13. The molecule has 1 aromatic carbocycles. The van der Waals surface area contributed by atoms with E-state index in [9.17, 15) is 0 Å². The van der Waals surface area contributed by atoms with Crippen molar-refractivity contribution in [3.63, 3.8) is 0 Å². The van der Waals surface area contributed by atoms with Gasteiger partial charge in [0.15, 0.2) is 0 Å². The topological polar surface area (TPSA) is 9.23 Å². The fourth-order valence-corrected chi connectivity index (χ4v) is 5.75. The largest absolute Gasteiger partial charge is 0.493 e. The lowest BCUT2D eigenvalue weighted by Crippen LogP contribution is -1.99. The fraction of sp³-hybridized carbons (Fsp3) is 0.471. The standard InChI is InChI=1S/C34H46OS2/c1-2-3-4-5-6-7-8-9-10-11-12-13-14-15-26-35-34-29-30(21-24-32-18-16-27-36-32)20-22-31(34)23-25-33-19-17-28-37-33/h16-25,27-29H,2-15,26H2,1H3/b24-21+,25-23-. The Hall–Kier alpha value is -2.10. The number of hydrogen-bond donors (Lipinski definition) is 0. The molecule has 0 amide bonds. The third-order valence-corrected chi connectivity index (χ3v) is 8.42. The van der Waals surface area contributed by atoms with Crippen LogP contribution in [0.4, 0.5) is 0 Å². The molecule has 0 aliphatic heterocycles. The summed E-state index contributed by atoms with van der Waals surface area (Å²) in [6, 6.07) is 15.0. The van der Waals surface area contributed by atoms with Crippen LogP contribution in [0.1, 0.15) is 118 Å². The smallest absolute Gasteiger partial charge is 0.127 e. The molecule has 0 bridgehead atoms. The molecule has 0 atom stereocenters. The Kier molecular flexibility index (Phi) is 15.2. The molecule has 2 heterocycles. The highest BCUT2D eigenvalue weighted by molar-refractivity contribution is 7.11. The van der Waals surface area contributed by atoms with Gasteiger partial charge in [0.2, 0.25) is 0 Å². The summed E-state index contributed by atoms with van der Waals surface area (Å²) in [5.74, 6) is 0.982. The molecule has 0 unspecified atom stereocenters. The number of benzene rings is 1. The molecule has 37 heavy (non-hydrogen) atoms. The predicted octanol–water partition coefficient (Wildman–Crippen LogP) is 12.0. The Balaban J connectivity index is 1.35. The molecule has 3 rings (SSSR count). The van der Waals surface area contributed by atoms with Crippen LogP contribution in [0.5, 0.6) is 5.75 Å². The molecule has 0 saturated carbocycles. The number of ether oxygens (including phenoxy) is 1. The lowest BCUT2D eigenvalue weighted by atomic mass is 10.0. The van der Waals surface area contributed by atoms with E-state index in [-0.39, 0.29) is 0 Å². The van der Waals surface area contributed by atoms with Gasteiger partial charge < -0.3 is 4.74 Å². The minimum absolute atomic E-state index is 0.788. The Morgan fingerprint density at radius 3 is 1.68 bits per heavy atom. The van der Waals surface area contributed by atoms with Crippen LogP contribution < -0.4 is 4.74 Å². The van der Waals surface area contributed by atoms with Gasteiger partial charge in [-0.25, -0.2) is 0 Å². The van der Waals surface area contributed by atoms with Crippen LogP contribution >= 0.6 is 22.7 Å². The Morgan fingerprint density at radius 1 is 0.595 bits per heavy atom. The lowest BCUT2D eigenvalue weighted by Gasteiger charge is -2.11. The van der Waals surface area contributed by atoms with Gasteiger partial charge in [-0.3, -0.25) is 0 Å². The van der Waals surface area contributed by atoms with Gasteiger partial charge in [-0.15, -0.1) is 22.7 Å². The summed E-state index contributed by atoms with van der Waals surface area (Å²) in [5.41, 5.74) is 2.32. The summed E-state index contributed by atoms with van der Waals surface area (Å²) in [4.78, 5) is 2.53. The summed E-state index contributed by atoms with van der Waals surface area (Å²) in [6.45, 7) is 3.08. The van der Waals surface area contributed by atoms with Crippen LogP contribution in [0.3, 0.4) is 0 Å². The van der Waals surface area contributed by atoms with E-state index >= 15 is 0 Å². The zero-order valence-electron chi connectivity index (χ0n) is 22.8. The molecule has 1 nitrogen and oxygen atoms in total. The fourth-order valence-electron chi connectivity index (χ4n) is 4.52. The summed E-state index contributed by atoms with van der Waals surface area (Å²) in [7, 11) is 0. The van der Waals surface area contributed by atoms with Gasteiger partial charge in [-0.05, 0) is 59.2 Å². The van der Waals surface area contributed by atoms with Crippen molar-refractivity contribution in [2.45, 2.75) is 96.8 Å². The lowest BCUT2D eigenvalue weighted by molar-refractivity contribution is 0.303. The van der Waals surface area contributed by atoms with E-state index in [1.54, 1.807) is 22.7 Å². The first kappa shape index (κ1) is 29.5. The molecule has 3 aromatic rings. The van der Waals surface area contributed by atoms with Crippen molar-refractivity contribution in [3.05, 3.63) is 74.1 Å². The molecule has 2 aromatic heterocycles. The zero-order valence-corrected chi connectivity index (χ0v) is 24.5. The average molecular weight is 535 g/mol. The maximum Gasteiger partial charge on any atom is 0.127 e. The van der Waals surface area contributed by atoms with Gasteiger partial charge in [0.25, 0.3) is 0 Å². The molecule has 0 saturated heterocycles. The number of rotatable bonds is 20. The van der Waals surface area contributed by atoms with Crippen LogP contribution in [-0.2, 0) is 0 Å². The van der Waals surface area contributed by atoms with Crippen molar-refractivity contribution in [1.29, 1.82) is 0 Å². The van der Waals surface area contributed by atoms with E-state index in [1.165, 1.54) is 98.8 Å². The minimum Gasteiger partial charge on any atom is -0.493 e. The summed E-state index contributed by atoms with van der Waals surface area (Å²) in [5, 5.41) is 4.23. The highest BCUT2D eigenvalue weighted by atomic mass is 32.1. The van der Waals surface area contributed by atoms with Gasteiger partial charge in [0.1, 0.15) is 5.75 Å². The maximum atomic E-state index is 6.31. The Morgan fingerprint density at radius 2 is 1.14 bits per heavy atom.